The normalized spacial score (nSPS) is 21.0. The summed E-state index contributed by atoms with van der Waals surface area (Å²) >= 11 is 3.23. The molecule has 21 heavy (non-hydrogen) atoms. The minimum absolute atomic E-state index is 0.111. The van der Waals surface area contributed by atoms with Crippen LogP contribution in [0.3, 0.4) is 0 Å². The summed E-state index contributed by atoms with van der Waals surface area (Å²) in [6, 6.07) is 5.50. The summed E-state index contributed by atoms with van der Waals surface area (Å²) in [6.45, 7) is 0.297. The number of aromatic nitrogens is 1. The number of hydrogen-bond donors (Lipinski definition) is 3. The van der Waals surface area contributed by atoms with Gasteiger partial charge < -0.3 is 20.7 Å². The Morgan fingerprint density at radius 1 is 1.29 bits per heavy atom. The quantitative estimate of drug-likeness (QED) is 0.724. The number of nitrogens with zero attached hydrogens (tertiary/aromatic N) is 1. The van der Waals surface area contributed by atoms with Gasteiger partial charge in [0.2, 0.25) is 0 Å². The molecular weight excluding hydrogens is 336 g/mol. The Morgan fingerprint density at radius 2 is 2.00 bits per heavy atom. The van der Waals surface area contributed by atoms with Crippen LogP contribution in [0, 0.1) is 0 Å². The number of phenols is 2. The van der Waals surface area contributed by atoms with Crippen molar-refractivity contribution in [2.45, 2.75) is 18.6 Å². The van der Waals surface area contributed by atoms with Gasteiger partial charge in [-0.05, 0) is 45.3 Å². The lowest BCUT2D eigenvalue weighted by molar-refractivity contribution is -0.0231. The van der Waals surface area contributed by atoms with E-state index in [0.29, 0.717) is 23.0 Å². The molecule has 0 radical (unpaired) electrons. The summed E-state index contributed by atoms with van der Waals surface area (Å²) < 4.78 is 6.47. The molecule has 1 aromatic carbocycles. The molecule has 0 amide bonds. The maximum atomic E-state index is 10.2. The zero-order valence-corrected chi connectivity index (χ0v) is 12.7. The Morgan fingerprint density at radius 3 is 2.67 bits per heavy atom. The molecule has 1 aromatic heterocycles. The van der Waals surface area contributed by atoms with E-state index in [4.69, 9.17) is 10.5 Å². The molecule has 0 spiro atoms. The van der Waals surface area contributed by atoms with Crippen LogP contribution in [-0.4, -0.2) is 21.7 Å². The monoisotopic (exact) mass is 350 g/mol. The van der Waals surface area contributed by atoms with Crippen molar-refractivity contribution in [3.05, 3.63) is 51.8 Å². The first-order valence-electron chi connectivity index (χ1n) is 6.60. The predicted octanol–water partition coefficient (Wildman–Crippen LogP) is 2.57. The number of phenolic OH excluding ortho intramolecular Hbond substituents is 2. The zero-order valence-electron chi connectivity index (χ0n) is 11.2. The Bertz CT molecular complexity index is 664. The maximum absolute atomic E-state index is 10.2. The zero-order chi connectivity index (χ0) is 15.0. The number of nitrogens with two attached hydrogens (primary N) is 1. The molecule has 110 valence electrons. The van der Waals surface area contributed by atoms with E-state index >= 15 is 0 Å². The van der Waals surface area contributed by atoms with Crippen molar-refractivity contribution in [3.63, 3.8) is 0 Å². The SMILES string of the molecule is NCC1OC(c2ccncc2)Cc2c1cc(Br)c(O)c2O. The fraction of sp³-hybridized carbons (Fsp3) is 0.267. The maximum Gasteiger partial charge on any atom is 0.172 e. The molecule has 2 heterocycles. The van der Waals surface area contributed by atoms with E-state index in [1.54, 1.807) is 18.5 Å². The smallest absolute Gasteiger partial charge is 0.172 e. The molecular formula is C15H15BrN2O3. The first-order valence-corrected chi connectivity index (χ1v) is 7.39. The average Bonchev–Trinajstić information content (AvgIpc) is 2.53. The lowest BCUT2D eigenvalue weighted by Gasteiger charge is -2.32. The molecule has 6 heteroatoms. The van der Waals surface area contributed by atoms with Crippen molar-refractivity contribution in [3.8, 4) is 11.5 Å². The topological polar surface area (TPSA) is 88.6 Å². The number of hydrogen-bond acceptors (Lipinski definition) is 5. The number of benzene rings is 1. The van der Waals surface area contributed by atoms with Gasteiger partial charge in [0.05, 0.1) is 16.7 Å². The predicted molar refractivity (Wildman–Crippen MR) is 81.0 cm³/mol. The van der Waals surface area contributed by atoms with Gasteiger partial charge in [0.25, 0.3) is 0 Å². The molecule has 1 aliphatic rings. The summed E-state index contributed by atoms with van der Waals surface area (Å²) in [6.07, 6.45) is 3.33. The molecule has 4 N–H and O–H groups in total. The van der Waals surface area contributed by atoms with Gasteiger partial charge in [0.1, 0.15) is 0 Å². The van der Waals surface area contributed by atoms with Crippen molar-refractivity contribution < 1.29 is 14.9 Å². The minimum Gasteiger partial charge on any atom is -0.504 e. The van der Waals surface area contributed by atoms with Gasteiger partial charge in [-0.3, -0.25) is 4.98 Å². The highest BCUT2D eigenvalue weighted by Gasteiger charge is 2.31. The van der Waals surface area contributed by atoms with Crippen molar-refractivity contribution in [2.24, 2.45) is 5.73 Å². The lowest BCUT2D eigenvalue weighted by Crippen LogP contribution is -2.26. The second-order valence-corrected chi connectivity index (χ2v) is 5.81. The van der Waals surface area contributed by atoms with Crippen LogP contribution in [0.25, 0.3) is 0 Å². The van der Waals surface area contributed by atoms with Crippen LogP contribution in [0.5, 0.6) is 11.5 Å². The summed E-state index contributed by atoms with van der Waals surface area (Å²) in [4.78, 5) is 3.99. The highest BCUT2D eigenvalue weighted by Crippen LogP contribution is 2.46. The summed E-state index contributed by atoms with van der Waals surface area (Å²) in [5.74, 6) is -0.264. The minimum atomic E-state index is -0.324. The van der Waals surface area contributed by atoms with E-state index in [0.717, 1.165) is 11.1 Å². The van der Waals surface area contributed by atoms with Gasteiger partial charge in [-0.2, -0.15) is 0 Å². The fourth-order valence-electron chi connectivity index (χ4n) is 2.65. The van der Waals surface area contributed by atoms with E-state index in [1.807, 2.05) is 12.1 Å². The first kappa shape index (κ1) is 14.3. The second kappa shape index (κ2) is 5.63. The van der Waals surface area contributed by atoms with Gasteiger partial charge in [0.15, 0.2) is 11.5 Å². The van der Waals surface area contributed by atoms with E-state index in [2.05, 4.69) is 20.9 Å². The average molecular weight is 351 g/mol. The molecule has 2 atom stereocenters. The van der Waals surface area contributed by atoms with E-state index in [-0.39, 0.29) is 23.7 Å². The molecule has 0 bridgehead atoms. The molecule has 3 rings (SSSR count). The third-order valence-corrected chi connectivity index (χ3v) is 4.33. The van der Waals surface area contributed by atoms with Gasteiger partial charge in [-0.15, -0.1) is 0 Å². The molecule has 2 aromatic rings. The Balaban J connectivity index is 2.06. The number of aromatic hydroxyl groups is 2. The van der Waals surface area contributed by atoms with Gasteiger partial charge in [0, 0.05) is 30.9 Å². The fourth-order valence-corrected chi connectivity index (χ4v) is 3.08. The molecule has 0 aliphatic carbocycles. The van der Waals surface area contributed by atoms with E-state index in [1.165, 1.54) is 0 Å². The number of pyridine rings is 1. The van der Waals surface area contributed by atoms with Crippen LogP contribution in [0.2, 0.25) is 0 Å². The summed E-state index contributed by atoms with van der Waals surface area (Å²) in [5.41, 5.74) is 8.26. The van der Waals surface area contributed by atoms with Crippen LogP contribution < -0.4 is 5.73 Å². The third-order valence-electron chi connectivity index (χ3n) is 3.72. The van der Waals surface area contributed by atoms with Crippen molar-refractivity contribution >= 4 is 15.9 Å². The molecule has 0 saturated carbocycles. The Labute approximate surface area is 130 Å². The number of fused-ring (bicyclic) bond motifs is 1. The van der Waals surface area contributed by atoms with Crippen molar-refractivity contribution in [2.75, 3.05) is 6.54 Å². The van der Waals surface area contributed by atoms with Crippen molar-refractivity contribution in [1.82, 2.24) is 4.98 Å². The highest BCUT2D eigenvalue weighted by atomic mass is 79.9. The number of rotatable bonds is 2. The largest absolute Gasteiger partial charge is 0.504 e. The molecule has 2 unspecified atom stereocenters. The van der Waals surface area contributed by atoms with Gasteiger partial charge >= 0.3 is 0 Å². The van der Waals surface area contributed by atoms with Crippen LogP contribution >= 0.6 is 15.9 Å². The number of ether oxygens (including phenoxy) is 1. The van der Waals surface area contributed by atoms with E-state index < -0.39 is 0 Å². The lowest BCUT2D eigenvalue weighted by atomic mass is 9.90. The highest BCUT2D eigenvalue weighted by molar-refractivity contribution is 9.10. The molecule has 5 nitrogen and oxygen atoms in total. The van der Waals surface area contributed by atoms with Crippen LogP contribution in [0.15, 0.2) is 35.1 Å². The van der Waals surface area contributed by atoms with Crippen LogP contribution in [0.4, 0.5) is 0 Å². The van der Waals surface area contributed by atoms with Gasteiger partial charge in [-0.25, -0.2) is 0 Å². The Hall–Kier alpha value is -1.63. The molecule has 0 saturated heterocycles. The summed E-state index contributed by atoms with van der Waals surface area (Å²) in [5, 5.41) is 20.1. The third kappa shape index (κ3) is 2.50. The van der Waals surface area contributed by atoms with Crippen LogP contribution in [0.1, 0.15) is 28.9 Å². The van der Waals surface area contributed by atoms with Gasteiger partial charge in [-0.1, -0.05) is 0 Å². The van der Waals surface area contributed by atoms with Crippen molar-refractivity contribution in [1.29, 1.82) is 0 Å². The molecule has 0 fully saturated rings. The number of halogens is 1. The second-order valence-electron chi connectivity index (χ2n) is 4.96. The first-order chi connectivity index (χ1) is 10.1. The standard InChI is InChI=1S/C15H15BrN2O3/c16-11-5-9-10(14(19)15(11)20)6-12(21-13(9)7-17)8-1-3-18-4-2-8/h1-5,12-13,19-20H,6-7,17H2. The van der Waals surface area contributed by atoms with E-state index in [9.17, 15) is 10.2 Å². The Kier molecular flexibility index (Phi) is 3.84. The molecule has 1 aliphatic heterocycles. The summed E-state index contributed by atoms with van der Waals surface area (Å²) in [7, 11) is 0. The van der Waals surface area contributed by atoms with Crippen LogP contribution in [-0.2, 0) is 11.2 Å².